The lowest BCUT2D eigenvalue weighted by atomic mass is 9.74. The second-order valence-corrected chi connectivity index (χ2v) is 7.79. The standard InChI is InChI=1S/C17H26BrNS/c1-3-13-6-4-5-7-16(13)17(19-2)12-20-15-10-8-14(18)9-11-15/h8-11,13,16-17,19H,3-7,12H2,1-2H3. The highest BCUT2D eigenvalue weighted by Crippen LogP contribution is 2.36. The van der Waals surface area contributed by atoms with Gasteiger partial charge in [0, 0.05) is 21.2 Å². The molecule has 0 bridgehead atoms. The Balaban J connectivity index is 1.92. The minimum Gasteiger partial charge on any atom is -0.316 e. The quantitative estimate of drug-likeness (QED) is 0.690. The summed E-state index contributed by atoms with van der Waals surface area (Å²) in [6.07, 6.45) is 7.03. The van der Waals surface area contributed by atoms with E-state index in [2.05, 4.69) is 59.5 Å². The molecule has 3 atom stereocenters. The van der Waals surface area contributed by atoms with Crippen LogP contribution in [0, 0.1) is 11.8 Å². The molecule has 1 aliphatic rings. The number of halogens is 1. The van der Waals surface area contributed by atoms with E-state index in [1.54, 1.807) is 0 Å². The first kappa shape index (κ1) is 16.4. The topological polar surface area (TPSA) is 12.0 Å². The van der Waals surface area contributed by atoms with Gasteiger partial charge in [-0.05, 0) is 49.6 Å². The third-order valence-corrected chi connectivity index (χ3v) is 6.28. The maximum atomic E-state index is 3.59. The monoisotopic (exact) mass is 355 g/mol. The van der Waals surface area contributed by atoms with E-state index in [1.807, 2.05) is 11.8 Å². The first-order valence-corrected chi connectivity index (χ1v) is 9.58. The fourth-order valence-electron chi connectivity index (χ4n) is 3.41. The van der Waals surface area contributed by atoms with Gasteiger partial charge in [-0.1, -0.05) is 48.5 Å². The third kappa shape index (κ3) is 4.51. The van der Waals surface area contributed by atoms with Crippen molar-refractivity contribution >= 4 is 27.7 Å². The maximum Gasteiger partial charge on any atom is 0.0189 e. The highest BCUT2D eigenvalue weighted by atomic mass is 79.9. The van der Waals surface area contributed by atoms with E-state index < -0.39 is 0 Å². The molecule has 3 heteroatoms. The van der Waals surface area contributed by atoms with Crippen LogP contribution in [0.2, 0.25) is 0 Å². The molecule has 0 radical (unpaired) electrons. The number of nitrogens with one attached hydrogen (secondary N) is 1. The lowest BCUT2D eigenvalue weighted by Gasteiger charge is -2.36. The van der Waals surface area contributed by atoms with E-state index in [4.69, 9.17) is 0 Å². The van der Waals surface area contributed by atoms with Gasteiger partial charge in [-0.25, -0.2) is 0 Å². The van der Waals surface area contributed by atoms with Crippen molar-refractivity contribution in [1.29, 1.82) is 0 Å². The van der Waals surface area contributed by atoms with Crippen molar-refractivity contribution in [2.45, 2.75) is 50.0 Å². The Morgan fingerprint density at radius 3 is 2.60 bits per heavy atom. The van der Waals surface area contributed by atoms with Crippen molar-refractivity contribution in [3.8, 4) is 0 Å². The van der Waals surface area contributed by atoms with E-state index in [0.29, 0.717) is 6.04 Å². The highest BCUT2D eigenvalue weighted by molar-refractivity contribution is 9.10. The molecule has 1 saturated carbocycles. The van der Waals surface area contributed by atoms with Gasteiger partial charge >= 0.3 is 0 Å². The van der Waals surface area contributed by atoms with E-state index in [-0.39, 0.29) is 0 Å². The van der Waals surface area contributed by atoms with Crippen LogP contribution in [0.25, 0.3) is 0 Å². The molecule has 1 fully saturated rings. The summed E-state index contributed by atoms with van der Waals surface area (Å²) in [7, 11) is 2.13. The molecule has 2 rings (SSSR count). The van der Waals surface area contributed by atoms with Gasteiger partial charge in [0.25, 0.3) is 0 Å². The van der Waals surface area contributed by atoms with E-state index in [1.165, 1.54) is 42.8 Å². The van der Waals surface area contributed by atoms with Crippen LogP contribution in [0.5, 0.6) is 0 Å². The third-order valence-electron chi connectivity index (χ3n) is 4.62. The Morgan fingerprint density at radius 2 is 1.95 bits per heavy atom. The molecule has 1 N–H and O–H groups in total. The second kappa shape index (κ2) is 8.45. The van der Waals surface area contributed by atoms with Crippen molar-refractivity contribution in [3.05, 3.63) is 28.7 Å². The Morgan fingerprint density at radius 1 is 1.25 bits per heavy atom. The average molecular weight is 356 g/mol. The number of thioether (sulfide) groups is 1. The van der Waals surface area contributed by atoms with E-state index >= 15 is 0 Å². The molecule has 1 aromatic rings. The second-order valence-electron chi connectivity index (χ2n) is 5.78. The summed E-state index contributed by atoms with van der Waals surface area (Å²) >= 11 is 5.48. The maximum absolute atomic E-state index is 3.59. The SMILES string of the molecule is CCC1CCCCC1C(CSc1ccc(Br)cc1)NC. The van der Waals surface area contributed by atoms with Crippen molar-refractivity contribution < 1.29 is 0 Å². The van der Waals surface area contributed by atoms with Crippen LogP contribution >= 0.6 is 27.7 Å². The molecular weight excluding hydrogens is 330 g/mol. The van der Waals surface area contributed by atoms with Crippen LogP contribution in [0.1, 0.15) is 39.0 Å². The predicted octanol–water partition coefficient (Wildman–Crippen LogP) is 5.35. The molecule has 1 nitrogen and oxygen atoms in total. The van der Waals surface area contributed by atoms with Gasteiger partial charge in [0.2, 0.25) is 0 Å². The number of hydrogen-bond donors (Lipinski definition) is 1. The molecule has 0 amide bonds. The van der Waals surface area contributed by atoms with Crippen molar-refractivity contribution in [3.63, 3.8) is 0 Å². The number of rotatable bonds is 6. The van der Waals surface area contributed by atoms with Gasteiger partial charge in [0.1, 0.15) is 0 Å². The lowest BCUT2D eigenvalue weighted by molar-refractivity contribution is 0.190. The number of benzene rings is 1. The summed E-state index contributed by atoms with van der Waals surface area (Å²) in [5, 5.41) is 3.59. The summed E-state index contributed by atoms with van der Waals surface area (Å²) in [6.45, 7) is 2.36. The molecule has 0 aliphatic heterocycles. The summed E-state index contributed by atoms with van der Waals surface area (Å²) in [4.78, 5) is 1.37. The Hall–Kier alpha value is 0.01000. The van der Waals surface area contributed by atoms with Gasteiger partial charge in [-0.15, -0.1) is 11.8 Å². The van der Waals surface area contributed by atoms with Crippen LogP contribution in [-0.4, -0.2) is 18.8 Å². The van der Waals surface area contributed by atoms with E-state index in [0.717, 1.165) is 16.3 Å². The molecule has 112 valence electrons. The summed E-state index contributed by atoms with van der Waals surface area (Å²) in [6, 6.07) is 9.33. The Bertz CT molecular complexity index is 392. The van der Waals surface area contributed by atoms with E-state index in [9.17, 15) is 0 Å². The minimum absolute atomic E-state index is 0.647. The zero-order valence-electron chi connectivity index (χ0n) is 12.6. The largest absolute Gasteiger partial charge is 0.316 e. The number of hydrogen-bond acceptors (Lipinski definition) is 2. The smallest absolute Gasteiger partial charge is 0.0189 e. The zero-order chi connectivity index (χ0) is 14.4. The highest BCUT2D eigenvalue weighted by Gasteiger charge is 2.29. The molecule has 1 aliphatic carbocycles. The molecule has 0 saturated heterocycles. The van der Waals surface area contributed by atoms with Crippen LogP contribution < -0.4 is 5.32 Å². The zero-order valence-corrected chi connectivity index (χ0v) is 15.0. The van der Waals surface area contributed by atoms with Gasteiger partial charge in [0.05, 0.1) is 0 Å². The summed E-state index contributed by atoms with van der Waals surface area (Å²) in [5.41, 5.74) is 0. The molecule has 1 aromatic carbocycles. The molecular formula is C17H26BrNS. The minimum atomic E-state index is 0.647. The van der Waals surface area contributed by atoms with Gasteiger partial charge in [0.15, 0.2) is 0 Å². The van der Waals surface area contributed by atoms with Crippen LogP contribution in [0.15, 0.2) is 33.6 Å². The van der Waals surface area contributed by atoms with Gasteiger partial charge < -0.3 is 5.32 Å². The van der Waals surface area contributed by atoms with Crippen LogP contribution in [0.3, 0.4) is 0 Å². The molecule has 20 heavy (non-hydrogen) atoms. The fourth-order valence-corrected chi connectivity index (χ4v) is 4.79. The predicted molar refractivity (Wildman–Crippen MR) is 93.5 cm³/mol. The Labute approximate surface area is 136 Å². The fraction of sp³-hybridized carbons (Fsp3) is 0.647. The van der Waals surface area contributed by atoms with Gasteiger partial charge in [-0.2, -0.15) is 0 Å². The molecule has 0 spiro atoms. The molecule has 0 aromatic heterocycles. The Kier molecular flexibility index (Phi) is 6.92. The molecule has 0 heterocycles. The van der Waals surface area contributed by atoms with Crippen molar-refractivity contribution in [1.82, 2.24) is 5.32 Å². The van der Waals surface area contributed by atoms with Crippen LogP contribution in [-0.2, 0) is 0 Å². The van der Waals surface area contributed by atoms with Gasteiger partial charge in [-0.3, -0.25) is 0 Å². The molecule has 3 unspecified atom stereocenters. The van der Waals surface area contributed by atoms with Crippen LogP contribution in [0.4, 0.5) is 0 Å². The first-order chi connectivity index (χ1) is 9.74. The van der Waals surface area contributed by atoms with Crippen molar-refractivity contribution in [2.24, 2.45) is 11.8 Å². The summed E-state index contributed by atoms with van der Waals surface area (Å²) < 4.78 is 1.16. The normalized spacial score (nSPS) is 24.6. The van der Waals surface area contributed by atoms with Crippen molar-refractivity contribution in [2.75, 3.05) is 12.8 Å². The lowest BCUT2D eigenvalue weighted by Crippen LogP contribution is -2.41. The summed E-state index contributed by atoms with van der Waals surface area (Å²) in [5.74, 6) is 2.97. The first-order valence-electron chi connectivity index (χ1n) is 7.80. The average Bonchev–Trinajstić information content (AvgIpc) is 2.50.